The van der Waals surface area contributed by atoms with Crippen molar-refractivity contribution in [2.45, 2.75) is 37.5 Å². The van der Waals surface area contributed by atoms with Crippen LogP contribution in [0.5, 0.6) is 0 Å². The molecule has 0 spiro atoms. The van der Waals surface area contributed by atoms with Crippen LogP contribution in [0.4, 0.5) is 0 Å². The summed E-state index contributed by atoms with van der Waals surface area (Å²) in [5, 5.41) is 0. The molecular weight excluding hydrogens is 224 g/mol. The molecule has 18 heavy (non-hydrogen) atoms. The molecule has 2 heterocycles. The van der Waals surface area contributed by atoms with Gasteiger partial charge in [0.25, 0.3) is 0 Å². The van der Waals surface area contributed by atoms with Crippen LogP contribution in [0.15, 0.2) is 18.5 Å². The van der Waals surface area contributed by atoms with Crippen LogP contribution in [0, 0.1) is 0 Å². The summed E-state index contributed by atoms with van der Waals surface area (Å²) in [4.78, 5) is 9.01. The molecule has 0 atom stereocenters. The Morgan fingerprint density at radius 1 is 1.33 bits per heavy atom. The predicted molar refractivity (Wildman–Crippen MR) is 72.3 cm³/mol. The van der Waals surface area contributed by atoms with Crippen LogP contribution >= 0.6 is 0 Å². The predicted octanol–water partition coefficient (Wildman–Crippen LogP) is 2.13. The molecule has 1 fully saturated rings. The molecule has 0 unspecified atom stereocenters. The lowest BCUT2D eigenvalue weighted by atomic mass is 9.73. The Morgan fingerprint density at radius 2 is 2.11 bits per heavy atom. The summed E-state index contributed by atoms with van der Waals surface area (Å²) in [6, 6.07) is 1.98. The van der Waals surface area contributed by atoms with Gasteiger partial charge in [0, 0.05) is 25.2 Å². The minimum Gasteiger partial charge on any atom is -0.329 e. The number of aryl methyl sites for hydroxylation is 1. The van der Waals surface area contributed by atoms with Crippen LogP contribution in [0.3, 0.4) is 0 Å². The Bertz CT molecular complexity index is 552. The van der Waals surface area contributed by atoms with E-state index in [-0.39, 0.29) is 5.41 Å². The molecule has 4 heteroatoms. The van der Waals surface area contributed by atoms with E-state index >= 15 is 0 Å². The highest BCUT2D eigenvalue weighted by Crippen LogP contribution is 2.38. The van der Waals surface area contributed by atoms with Crippen molar-refractivity contribution < 1.29 is 0 Å². The van der Waals surface area contributed by atoms with E-state index in [1.165, 1.54) is 19.3 Å². The number of fused-ring (bicyclic) bond motifs is 1. The normalized spacial score (nSPS) is 19.2. The summed E-state index contributed by atoms with van der Waals surface area (Å²) in [5.74, 6) is 1.15. The van der Waals surface area contributed by atoms with Crippen LogP contribution < -0.4 is 5.73 Å². The van der Waals surface area contributed by atoms with Crippen molar-refractivity contribution in [1.29, 1.82) is 0 Å². The fraction of sp³-hybridized carbons (Fsp3) is 0.571. The number of aromatic nitrogens is 3. The van der Waals surface area contributed by atoms with Crippen molar-refractivity contribution in [3.8, 4) is 0 Å². The smallest absolute Gasteiger partial charge is 0.117 e. The number of imidazole rings is 1. The monoisotopic (exact) mass is 244 g/mol. The van der Waals surface area contributed by atoms with E-state index in [1.807, 2.05) is 12.3 Å². The highest BCUT2D eigenvalue weighted by atomic mass is 15.1. The zero-order valence-corrected chi connectivity index (χ0v) is 10.9. The van der Waals surface area contributed by atoms with E-state index in [0.717, 1.165) is 29.7 Å². The molecular formula is C14H20N4. The van der Waals surface area contributed by atoms with Crippen molar-refractivity contribution in [1.82, 2.24) is 14.5 Å². The highest BCUT2D eigenvalue weighted by molar-refractivity contribution is 5.74. The third kappa shape index (κ3) is 1.63. The van der Waals surface area contributed by atoms with E-state index < -0.39 is 0 Å². The summed E-state index contributed by atoms with van der Waals surface area (Å²) in [6.07, 6.45) is 9.86. The summed E-state index contributed by atoms with van der Waals surface area (Å²) in [6.45, 7) is 0.692. The Kier molecular flexibility index (Phi) is 2.82. The fourth-order valence-corrected chi connectivity index (χ4v) is 3.26. The molecule has 0 aromatic carbocycles. The van der Waals surface area contributed by atoms with E-state index in [0.29, 0.717) is 6.54 Å². The second-order valence-electron chi connectivity index (χ2n) is 5.40. The molecule has 0 radical (unpaired) electrons. The number of nitrogens with zero attached hydrogens (tertiary/aromatic N) is 3. The molecule has 2 N–H and O–H groups in total. The van der Waals surface area contributed by atoms with E-state index in [4.69, 9.17) is 10.7 Å². The topological polar surface area (TPSA) is 56.7 Å². The van der Waals surface area contributed by atoms with Gasteiger partial charge in [-0.25, -0.2) is 4.98 Å². The summed E-state index contributed by atoms with van der Waals surface area (Å²) < 4.78 is 2.18. The minimum absolute atomic E-state index is 0.0754. The SMILES string of the molecule is Cn1c(C2(CN)CCCCC2)nc2ccncc21. The number of hydrogen-bond donors (Lipinski definition) is 1. The molecule has 2 aromatic heterocycles. The van der Waals surface area contributed by atoms with Gasteiger partial charge in [-0.2, -0.15) is 0 Å². The summed E-state index contributed by atoms with van der Waals surface area (Å²) in [7, 11) is 2.08. The molecule has 96 valence electrons. The zero-order chi connectivity index (χ0) is 12.6. The Labute approximate surface area is 107 Å². The van der Waals surface area contributed by atoms with Crippen LogP contribution in [0.2, 0.25) is 0 Å². The number of hydrogen-bond acceptors (Lipinski definition) is 3. The maximum absolute atomic E-state index is 6.09. The summed E-state index contributed by atoms with van der Waals surface area (Å²) >= 11 is 0. The number of rotatable bonds is 2. The van der Waals surface area contributed by atoms with Gasteiger partial charge in [-0.15, -0.1) is 0 Å². The van der Waals surface area contributed by atoms with E-state index in [1.54, 1.807) is 6.20 Å². The lowest BCUT2D eigenvalue weighted by Crippen LogP contribution is -2.39. The van der Waals surface area contributed by atoms with Gasteiger partial charge in [-0.3, -0.25) is 4.98 Å². The molecule has 3 rings (SSSR count). The fourth-order valence-electron chi connectivity index (χ4n) is 3.26. The highest BCUT2D eigenvalue weighted by Gasteiger charge is 2.36. The standard InChI is InChI=1S/C14H20N4/c1-18-12-9-16-8-5-11(12)17-13(18)14(10-15)6-3-2-4-7-14/h5,8-9H,2-4,6-7,10,15H2,1H3. The molecule has 1 aliphatic carbocycles. The maximum atomic E-state index is 6.09. The molecule has 1 saturated carbocycles. The average Bonchev–Trinajstić information content (AvgIpc) is 2.78. The number of pyridine rings is 1. The van der Waals surface area contributed by atoms with Crippen LogP contribution in [-0.2, 0) is 12.5 Å². The van der Waals surface area contributed by atoms with Crippen LogP contribution in [0.1, 0.15) is 37.9 Å². The molecule has 0 saturated heterocycles. The molecule has 2 aromatic rings. The third-order valence-corrected chi connectivity index (χ3v) is 4.36. The van der Waals surface area contributed by atoms with E-state index in [2.05, 4.69) is 16.6 Å². The maximum Gasteiger partial charge on any atom is 0.117 e. The lowest BCUT2D eigenvalue weighted by Gasteiger charge is -2.35. The van der Waals surface area contributed by atoms with Crippen molar-refractivity contribution in [2.75, 3.05) is 6.54 Å². The van der Waals surface area contributed by atoms with Gasteiger partial charge in [0.1, 0.15) is 5.82 Å². The first-order chi connectivity index (χ1) is 8.77. The molecule has 0 aliphatic heterocycles. The van der Waals surface area contributed by atoms with Gasteiger partial charge < -0.3 is 10.3 Å². The second kappa shape index (κ2) is 4.35. The van der Waals surface area contributed by atoms with Gasteiger partial charge in [-0.05, 0) is 18.9 Å². The average molecular weight is 244 g/mol. The lowest BCUT2D eigenvalue weighted by molar-refractivity contribution is 0.281. The Morgan fingerprint density at radius 3 is 2.78 bits per heavy atom. The van der Waals surface area contributed by atoms with Gasteiger partial charge in [0.2, 0.25) is 0 Å². The van der Waals surface area contributed by atoms with E-state index in [9.17, 15) is 0 Å². The molecule has 0 bridgehead atoms. The first-order valence-corrected chi connectivity index (χ1v) is 6.74. The van der Waals surface area contributed by atoms with Crippen molar-refractivity contribution >= 4 is 11.0 Å². The third-order valence-electron chi connectivity index (χ3n) is 4.36. The van der Waals surface area contributed by atoms with Gasteiger partial charge in [0.15, 0.2) is 0 Å². The molecule has 4 nitrogen and oxygen atoms in total. The first-order valence-electron chi connectivity index (χ1n) is 6.74. The zero-order valence-electron chi connectivity index (χ0n) is 10.9. The Hall–Kier alpha value is -1.42. The Balaban J connectivity index is 2.14. The van der Waals surface area contributed by atoms with Crippen molar-refractivity contribution in [3.63, 3.8) is 0 Å². The first kappa shape index (κ1) is 11.7. The van der Waals surface area contributed by atoms with Crippen molar-refractivity contribution in [2.24, 2.45) is 12.8 Å². The van der Waals surface area contributed by atoms with Gasteiger partial charge >= 0.3 is 0 Å². The minimum atomic E-state index is 0.0754. The van der Waals surface area contributed by atoms with Gasteiger partial charge in [0.05, 0.1) is 17.2 Å². The van der Waals surface area contributed by atoms with Crippen LogP contribution in [0.25, 0.3) is 11.0 Å². The van der Waals surface area contributed by atoms with Gasteiger partial charge in [-0.1, -0.05) is 19.3 Å². The molecule has 1 aliphatic rings. The quantitative estimate of drug-likeness (QED) is 0.880. The molecule has 0 amide bonds. The number of nitrogens with two attached hydrogens (primary N) is 1. The van der Waals surface area contributed by atoms with Crippen molar-refractivity contribution in [3.05, 3.63) is 24.3 Å². The largest absolute Gasteiger partial charge is 0.329 e. The second-order valence-corrected chi connectivity index (χ2v) is 5.40. The summed E-state index contributed by atoms with van der Waals surface area (Å²) in [5.41, 5.74) is 8.30. The van der Waals surface area contributed by atoms with Crippen LogP contribution in [-0.4, -0.2) is 21.1 Å².